The van der Waals surface area contributed by atoms with E-state index in [1.54, 1.807) is 35.2 Å². The minimum atomic E-state index is -0.280. The molecule has 3 aromatic heterocycles. The molecule has 2 N–H and O–H groups in total. The number of fused-ring (bicyclic) bond motifs is 1. The van der Waals surface area contributed by atoms with Gasteiger partial charge in [0, 0.05) is 12.4 Å². The number of nitrogens with one attached hydrogen (secondary N) is 2. The summed E-state index contributed by atoms with van der Waals surface area (Å²) in [5.74, 6) is 0.0559. The zero-order valence-electron chi connectivity index (χ0n) is 14.6. The summed E-state index contributed by atoms with van der Waals surface area (Å²) >= 11 is 1.18. The number of pyridine rings is 1. The number of rotatable bonds is 6. The molecular weight excluding hydrogens is 378 g/mol. The third-order valence-corrected chi connectivity index (χ3v) is 4.87. The van der Waals surface area contributed by atoms with Crippen molar-refractivity contribution in [1.82, 2.24) is 29.7 Å². The lowest BCUT2D eigenvalue weighted by molar-refractivity contribution is -0.113. The average molecular weight is 393 g/mol. The normalized spacial score (nSPS) is 10.9. The van der Waals surface area contributed by atoms with Crippen LogP contribution in [-0.2, 0) is 11.3 Å². The summed E-state index contributed by atoms with van der Waals surface area (Å²) < 4.78 is 1.56. The molecule has 9 nitrogen and oxygen atoms in total. The Hall–Kier alpha value is -3.53. The van der Waals surface area contributed by atoms with E-state index in [2.05, 4.69) is 30.5 Å². The van der Waals surface area contributed by atoms with Crippen LogP contribution in [0.3, 0.4) is 0 Å². The van der Waals surface area contributed by atoms with E-state index in [9.17, 15) is 9.59 Å². The van der Waals surface area contributed by atoms with E-state index in [0.717, 1.165) is 5.56 Å². The number of carbonyl (C=O) groups excluding carboxylic acids is 1. The second kappa shape index (κ2) is 8.01. The third kappa shape index (κ3) is 3.91. The van der Waals surface area contributed by atoms with Crippen molar-refractivity contribution in [1.29, 1.82) is 0 Å². The topological polar surface area (TPSA) is 118 Å². The first-order valence-electron chi connectivity index (χ1n) is 8.37. The van der Waals surface area contributed by atoms with Crippen molar-refractivity contribution >= 4 is 34.5 Å². The molecular formula is C18H15N7O2S. The molecule has 0 bridgehead atoms. The number of amides is 1. The lowest BCUT2D eigenvalue weighted by Crippen LogP contribution is -2.25. The van der Waals surface area contributed by atoms with Gasteiger partial charge in [0.05, 0.1) is 23.2 Å². The quantitative estimate of drug-likeness (QED) is 0.378. The number of carbonyl (C=O) groups is 1. The Kier molecular flexibility index (Phi) is 5.11. The Morgan fingerprint density at radius 2 is 2.11 bits per heavy atom. The van der Waals surface area contributed by atoms with E-state index in [4.69, 9.17) is 0 Å². The summed E-state index contributed by atoms with van der Waals surface area (Å²) in [4.78, 5) is 37.7. The average Bonchev–Trinajstić information content (AvgIpc) is 3.22. The van der Waals surface area contributed by atoms with Crippen molar-refractivity contribution in [3.8, 4) is 0 Å². The number of aromatic nitrogens is 6. The Morgan fingerprint density at radius 1 is 1.21 bits per heavy atom. The largest absolute Gasteiger partial charge is 0.294 e. The van der Waals surface area contributed by atoms with Gasteiger partial charge in [0.15, 0.2) is 5.16 Å². The standard InChI is InChI=1S/C18H15N7O2S/c26-15(23-17-20-11-21-24-17)10-28-18-22-14-6-2-1-5-13(14)16(27)25(18)9-12-4-3-7-19-8-12/h1-8,11H,9-10H2,(H2,20,21,23,24,26). The summed E-state index contributed by atoms with van der Waals surface area (Å²) in [5, 5.41) is 9.83. The molecule has 0 unspecified atom stereocenters. The molecule has 28 heavy (non-hydrogen) atoms. The first-order chi connectivity index (χ1) is 13.7. The molecule has 1 amide bonds. The van der Waals surface area contributed by atoms with Gasteiger partial charge < -0.3 is 0 Å². The van der Waals surface area contributed by atoms with Gasteiger partial charge >= 0.3 is 0 Å². The Bertz CT molecular complexity index is 1160. The second-order valence-corrected chi connectivity index (χ2v) is 6.78. The van der Waals surface area contributed by atoms with Crippen molar-refractivity contribution in [2.24, 2.45) is 0 Å². The summed E-state index contributed by atoms with van der Waals surface area (Å²) in [6.45, 7) is 0.316. The molecule has 0 aliphatic heterocycles. The summed E-state index contributed by atoms with van der Waals surface area (Å²) in [6.07, 6.45) is 4.68. The van der Waals surface area contributed by atoms with Crippen LogP contribution in [0.5, 0.6) is 0 Å². The highest BCUT2D eigenvalue weighted by Gasteiger charge is 2.14. The minimum Gasteiger partial charge on any atom is -0.294 e. The molecule has 0 aliphatic carbocycles. The van der Waals surface area contributed by atoms with Gasteiger partial charge in [-0.2, -0.15) is 10.1 Å². The lowest BCUT2D eigenvalue weighted by atomic mass is 10.2. The number of anilines is 1. The first-order valence-corrected chi connectivity index (χ1v) is 9.36. The van der Waals surface area contributed by atoms with E-state index in [1.165, 1.54) is 18.1 Å². The van der Waals surface area contributed by atoms with Gasteiger partial charge in [0.2, 0.25) is 11.9 Å². The van der Waals surface area contributed by atoms with E-state index < -0.39 is 0 Å². The molecule has 4 rings (SSSR count). The van der Waals surface area contributed by atoms with Gasteiger partial charge in [-0.25, -0.2) is 10.1 Å². The van der Waals surface area contributed by atoms with Crippen LogP contribution in [0, 0.1) is 0 Å². The van der Waals surface area contributed by atoms with Crippen molar-refractivity contribution in [2.45, 2.75) is 11.7 Å². The number of hydrogen-bond donors (Lipinski definition) is 2. The predicted octanol–water partition coefficient (Wildman–Crippen LogP) is 1.69. The van der Waals surface area contributed by atoms with E-state index in [0.29, 0.717) is 22.6 Å². The molecule has 0 spiro atoms. The predicted molar refractivity (Wildman–Crippen MR) is 105 cm³/mol. The van der Waals surface area contributed by atoms with Crippen LogP contribution in [0.25, 0.3) is 10.9 Å². The number of benzene rings is 1. The van der Waals surface area contributed by atoms with Crippen molar-refractivity contribution < 1.29 is 4.79 Å². The van der Waals surface area contributed by atoms with E-state index >= 15 is 0 Å². The van der Waals surface area contributed by atoms with Gasteiger partial charge in [0.25, 0.3) is 5.56 Å². The third-order valence-electron chi connectivity index (χ3n) is 3.90. The van der Waals surface area contributed by atoms with E-state index in [-0.39, 0.29) is 23.2 Å². The maximum Gasteiger partial charge on any atom is 0.262 e. The molecule has 0 atom stereocenters. The molecule has 10 heteroatoms. The SMILES string of the molecule is O=C(CSc1nc2ccccc2c(=O)n1Cc1cccnc1)Nc1ncn[nH]1. The number of aromatic amines is 1. The molecule has 0 aliphatic rings. The number of thioether (sulfide) groups is 1. The molecule has 1 aromatic carbocycles. The van der Waals surface area contributed by atoms with Gasteiger partial charge in [0.1, 0.15) is 6.33 Å². The van der Waals surface area contributed by atoms with Crippen LogP contribution in [0.4, 0.5) is 5.95 Å². The molecule has 0 saturated carbocycles. The number of H-pyrrole nitrogens is 1. The van der Waals surface area contributed by atoms with Crippen LogP contribution in [0.1, 0.15) is 5.56 Å². The van der Waals surface area contributed by atoms with Gasteiger partial charge in [-0.15, -0.1) is 0 Å². The van der Waals surface area contributed by atoms with Gasteiger partial charge in [-0.3, -0.25) is 24.5 Å². The van der Waals surface area contributed by atoms with Crippen LogP contribution in [-0.4, -0.2) is 41.4 Å². The van der Waals surface area contributed by atoms with Crippen molar-refractivity contribution in [3.63, 3.8) is 0 Å². The van der Waals surface area contributed by atoms with Crippen LogP contribution in [0.15, 0.2) is 65.1 Å². The summed E-state index contributed by atoms with van der Waals surface area (Å²) in [5.41, 5.74) is 1.30. The fourth-order valence-corrected chi connectivity index (χ4v) is 3.43. The summed E-state index contributed by atoms with van der Waals surface area (Å²) in [6, 6.07) is 10.9. The monoisotopic (exact) mass is 393 g/mol. The Morgan fingerprint density at radius 3 is 2.89 bits per heavy atom. The smallest absolute Gasteiger partial charge is 0.262 e. The molecule has 0 radical (unpaired) electrons. The number of para-hydroxylation sites is 1. The van der Waals surface area contributed by atoms with Gasteiger partial charge in [-0.05, 0) is 23.8 Å². The summed E-state index contributed by atoms with van der Waals surface area (Å²) in [7, 11) is 0. The fourth-order valence-electron chi connectivity index (χ4n) is 2.64. The zero-order valence-corrected chi connectivity index (χ0v) is 15.4. The Balaban J connectivity index is 1.64. The highest BCUT2D eigenvalue weighted by atomic mass is 32.2. The lowest BCUT2D eigenvalue weighted by Gasteiger charge is -2.13. The van der Waals surface area contributed by atoms with Crippen LogP contribution < -0.4 is 10.9 Å². The maximum absolute atomic E-state index is 13.0. The number of nitrogens with zero attached hydrogens (tertiary/aromatic N) is 5. The first kappa shape index (κ1) is 17.9. The molecule has 3 heterocycles. The minimum absolute atomic E-state index is 0.0680. The van der Waals surface area contributed by atoms with Crippen LogP contribution >= 0.6 is 11.8 Å². The fraction of sp³-hybridized carbons (Fsp3) is 0.111. The van der Waals surface area contributed by atoms with Crippen LogP contribution in [0.2, 0.25) is 0 Å². The molecule has 0 saturated heterocycles. The molecule has 0 fully saturated rings. The van der Waals surface area contributed by atoms with E-state index in [1.807, 2.05) is 18.2 Å². The number of hydrogen-bond acceptors (Lipinski definition) is 7. The highest BCUT2D eigenvalue weighted by Crippen LogP contribution is 2.19. The highest BCUT2D eigenvalue weighted by molar-refractivity contribution is 7.99. The maximum atomic E-state index is 13.0. The van der Waals surface area contributed by atoms with Crippen molar-refractivity contribution in [2.75, 3.05) is 11.1 Å². The zero-order chi connectivity index (χ0) is 19.3. The van der Waals surface area contributed by atoms with Crippen molar-refractivity contribution in [3.05, 3.63) is 71.0 Å². The molecule has 140 valence electrons. The van der Waals surface area contributed by atoms with Gasteiger partial charge in [-0.1, -0.05) is 30.0 Å². The second-order valence-electron chi connectivity index (χ2n) is 5.84. The Labute approximate surface area is 163 Å². The molecule has 4 aromatic rings.